The van der Waals surface area contributed by atoms with Crippen molar-refractivity contribution in [3.63, 3.8) is 0 Å². The summed E-state index contributed by atoms with van der Waals surface area (Å²) in [6, 6.07) is 0.523. The summed E-state index contributed by atoms with van der Waals surface area (Å²) in [5.41, 5.74) is 0. The van der Waals surface area contributed by atoms with Gasteiger partial charge in [0.05, 0.1) is 6.61 Å². The molecule has 0 radical (unpaired) electrons. The molecule has 0 spiro atoms. The number of nitrogens with one attached hydrogen (secondary N) is 1. The molecule has 1 heterocycles. The fourth-order valence-electron chi connectivity index (χ4n) is 2.36. The average molecular weight is 197 g/mol. The van der Waals surface area contributed by atoms with Crippen molar-refractivity contribution in [2.45, 2.75) is 51.1 Å². The van der Waals surface area contributed by atoms with Crippen molar-refractivity contribution in [3.8, 4) is 0 Å². The second kappa shape index (κ2) is 4.30. The minimum Gasteiger partial charge on any atom is -0.464 e. The van der Waals surface area contributed by atoms with Gasteiger partial charge in [0.25, 0.3) is 0 Å². The average Bonchev–Trinajstić information content (AvgIpc) is 2.56. The minimum atomic E-state index is -0.0522. The Bertz CT molecular complexity index is 209. The van der Waals surface area contributed by atoms with Gasteiger partial charge in [-0.1, -0.05) is 6.92 Å². The fourth-order valence-corrected chi connectivity index (χ4v) is 2.36. The van der Waals surface area contributed by atoms with E-state index >= 15 is 0 Å². The molecule has 1 saturated heterocycles. The molecular weight excluding hydrogens is 178 g/mol. The number of cyclic esters (lactones) is 1. The number of carbonyl (C=O) groups excluding carboxylic acids is 1. The lowest BCUT2D eigenvalue weighted by atomic mass is 9.87. The van der Waals surface area contributed by atoms with Crippen LogP contribution < -0.4 is 5.32 Å². The van der Waals surface area contributed by atoms with Crippen LogP contribution in [0.5, 0.6) is 0 Å². The van der Waals surface area contributed by atoms with Gasteiger partial charge < -0.3 is 10.1 Å². The van der Waals surface area contributed by atoms with Gasteiger partial charge in [0.15, 0.2) is 0 Å². The number of rotatable bonds is 2. The summed E-state index contributed by atoms with van der Waals surface area (Å²) >= 11 is 0. The van der Waals surface area contributed by atoms with E-state index in [4.69, 9.17) is 4.74 Å². The Kier molecular flexibility index (Phi) is 3.06. The summed E-state index contributed by atoms with van der Waals surface area (Å²) in [4.78, 5) is 11.2. The number of esters is 1. The molecule has 3 nitrogen and oxygen atoms in total. The first kappa shape index (κ1) is 9.97. The molecule has 80 valence electrons. The summed E-state index contributed by atoms with van der Waals surface area (Å²) in [7, 11) is 0. The van der Waals surface area contributed by atoms with Gasteiger partial charge in [-0.2, -0.15) is 0 Å². The molecule has 0 aromatic carbocycles. The van der Waals surface area contributed by atoms with E-state index in [1.165, 1.54) is 25.7 Å². The van der Waals surface area contributed by atoms with E-state index in [0.717, 1.165) is 12.3 Å². The topological polar surface area (TPSA) is 38.3 Å². The Morgan fingerprint density at radius 3 is 2.50 bits per heavy atom. The zero-order chi connectivity index (χ0) is 9.97. The highest BCUT2D eigenvalue weighted by atomic mass is 16.5. The van der Waals surface area contributed by atoms with Crippen LogP contribution in [0.25, 0.3) is 0 Å². The Labute approximate surface area is 85.2 Å². The van der Waals surface area contributed by atoms with Crippen LogP contribution in [-0.4, -0.2) is 24.7 Å². The van der Waals surface area contributed by atoms with Gasteiger partial charge in [0.1, 0.15) is 6.04 Å². The van der Waals surface area contributed by atoms with E-state index in [1.54, 1.807) is 0 Å². The molecule has 1 N–H and O–H groups in total. The molecular formula is C11H19NO2. The monoisotopic (exact) mass is 197 g/mol. The van der Waals surface area contributed by atoms with Crippen molar-refractivity contribution < 1.29 is 9.53 Å². The fraction of sp³-hybridized carbons (Fsp3) is 0.909. The highest BCUT2D eigenvalue weighted by Gasteiger charge is 2.29. The SMILES string of the molecule is CC1CCC(NC2CCOC2=O)CC1. The molecule has 14 heavy (non-hydrogen) atoms. The molecule has 2 fully saturated rings. The van der Waals surface area contributed by atoms with Crippen molar-refractivity contribution in [1.82, 2.24) is 5.32 Å². The van der Waals surface area contributed by atoms with E-state index in [2.05, 4.69) is 12.2 Å². The molecule has 0 aromatic heterocycles. The number of hydrogen-bond acceptors (Lipinski definition) is 3. The largest absolute Gasteiger partial charge is 0.464 e. The first-order valence-corrected chi connectivity index (χ1v) is 5.68. The van der Waals surface area contributed by atoms with Crippen LogP contribution >= 0.6 is 0 Å². The maximum Gasteiger partial charge on any atom is 0.323 e. The zero-order valence-corrected chi connectivity index (χ0v) is 8.79. The van der Waals surface area contributed by atoms with Crippen molar-refractivity contribution in [2.24, 2.45) is 5.92 Å². The van der Waals surface area contributed by atoms with Crippen LogP contribution in [0.2, 0.25) is 0 Å². The van der Waals surface area contributed by atoms with E-state index in [1.807, 2.05) is 0 Å². The lowest BCUT2D eigenvalue weighted by Gasteiger charge is -2.28. The predicted octanol–water partition coefficient (Wildman–Crippen LogP) is 1.47. The van der Waals surface area contributed by atoms with E-state index < -0.39 is 0 Å². The third kappa shape index (κ3) is 2.27. The Hall–Kier alpha value is -0.570. The molecule has 3 heteroatoms. The third-order valence-corrected chi connectivity index (χ3v) is 3.39. The maximum absolute atomic E-state index is 11.2. The van der Waals surface area contributed by atoms with E-state index in [9.17, 15) is 4.79 Å². The molecule has 0 aromatic rings. The van der Waals surface area contributed by atoms with Gasteiger partial charge >= 0.3 is 5.97 Å². The van der Waals surface area contributed by atoms with Crippen molar-refractivity contribution in [1.29, 1.82) is 0 Å². The normalized spacial score (nSPS) is 38.4. The Morgan fingerprint density at radius 1 is 1.21 bits per heavy atom. The van der Waals surface area contributed by atoms with Gasteiger partial charge in [-0.15, -0.1) is 0 Å². The highest BCUT2D eigenvalue weighted by molar-refractivity contribution is 5.77. The summed E-state index contributed by atoms with van der Waals surface area (Å²) in [5.74, 6) is 0.812. The third-order valence-electron chi connectivity index (χ3n) is 3.39. The summed E-state index contributed by atoms with van der Waals surface area (Å²) < 4.78 is 4.93. The quantitative estimate of drug-likeness (QED) is 0.681. The number of carbonyl (C=O) groups is 1. The zero-order valence-electron chi connectivity index (χ0n) is 8.79. The standard InChI is InChI=1S/C11H19NO2/c1-8-2-4-9(5-3-8)12-10-6-7-14-11(10)13/h8-10,12H,2-7H2,1H3. The van der Waals surface area contributed by atoms with Crippen molar-refractivity contribution in [3.05, 3.63) is 0 Å². The summed E-state index contributed by atoms with van der Waals surface area (Å²) in [6.45, 7) is 2.90. The highest BCUT2D eigenvalue weighted by Crippen LogP contribution is 2.24. The summed E-state index contributed by atoms with van der Waals surface area (Å²) in [6.07, 6.45) is 5.86. The smallest absolute Gasteiger partial charge is 0.323 e. The maximum atomic E-state index is 11.2. The number of ether oxygens (including phenoxy) is 1. The van der Waals surface area contributed by atoms with Gasteiger partial charge in [-0.3, -0.25) is 4.79 Å². The second-order valence-corrected chi connectivity index (χ2v) is 4.63. The van der Waals surface area contributed by atoms with Crippen molar-refractivity contribution >= 4 is 5.97 Å². The van der Waals surface area contributed by atoms with Gasteiger partial charge in [-0.25, -0.2) is 0 Å². The first-order valence-electron chi connectivity index (χ1n) is 5.68. The van der Waals surface area contributed by atoms with E-state index in [-0.39, 0.29) is 12.0 Å². The van der Waals surface area contributed by atoms with Crippen LogP contribution in [-0.2, 0) is 9.53 Å². The van der Waals surface area contributed by atoms with E-state index in [0.29, 0.717) is 12.6 Å². The Balaban J connectivity index is 1.77. The van der Waals surface area contributed by atoms with Crippen molar-refractivity contribution in [2.75, 3.05) is 6.61 Å². The molecule has 1 aliphatic carbocycles. The predicted molar refractivity (Wildman–Crippen MR) is 53.9 cm³/mol. The molecule has 1 aliphatic heterocycles. The molecule has 2 rings (SSSR count). The van der Waals surface area contributed by atoms with Gasteiger partial charge in [0, 0.05) is 12.5 Å². The van der Waals surface area contributed by atoms with Gasteiger partial charge in [-0.05, 0) is 31.6 Å². The summed E-state index contributed by atoms with van der Waals surface area (Å²) in [5, 5.41) is 3.41. The molecule has 1 atom stereocenters. The molecule has 0 bridgehead atoms. The van der Waals surface area contributed by atoms with Crippen LogP contribution in [0.1, 0.15) is 39.0 Å². The van der Waals surface area contributed by atoms with Crippen LogP contribution in [0.4, 0.5) is 0 Å². The number of hydrogen-bond donors (Lipinski definition) is 1. The van der Waals surface area contributed by atoms with Crippen LogP contribution in [0.15, 0.2) is 0 Å². The second-order valence-electron chi connectivity index (χ2n) is 4.63. The molecule has 1 unspecified atom stereocenters. The molecule has 0 amide bonds. The lowest BCUT2D eigenvalue weighted by Crippen LogP contribution is -2.42. The Morgan fingerprint density at radius 2 is 1.93 bits per heavy atom. The molecule has 1 saturated carbocycles. The lowest BCUT2D eigenvalue weighted by molar-refractivity contribution is -0.139. The van der Waals surface area contributed by atoms with Gasteiger partial charge in [0.2, 0.25) is 0 Å². The van der Waals surface area contributed by atoms with Crippen LogP contribution in [0, 0.1) is 5.92 Å². The molecule has 2 aliphatic rings. The van der Waals surface area contributed by atoms with Crippen LogP contribution in [0.3, 0.4) is 0 Å². The first-order chi connectivity index (χ1) is 6.75. The minimum absolute atomic E-state index is 0.0200.